The lowest BCUT2D eigenvalue weighted by Gasteiger charge is -2.01. The maximum Gasteiger partial charge on any atom is 0.272 e. The number of nitrogens with one attached hydrogen (secondary N) is 1. The summed E-state index contributed by atoms with van der Waals surface area (Å²) >= 11 is 7.62. The zero-order valence-electron chi connectivity index (χ0n) is 11.1. The van der Waals surface area contributed by atoms with Crippen LogP contribution in [0.25, 0.3) is 0 Å². The van der Waals surface area contributed by atoms with Crippen molar-refractivity contribution >= 4 is 35.1 Å². The van der Waals surface area contributed by atoms with E-state index >= 15 is 0 Å². The van der Waals surface area contributed by atoms with E-state index in [2.05, 4.69) is 10.5 Å². The van der Waals surface area contributed by atoms with Crippen molar-refractivity contribution in [1.82, 2.24) is 5.43 Å². The Morgan fingerprint density at radius 2 is 2.14 bits per heavy atom. The smallest absolute Gasteiger partial charge is 0.272 e. The summed E-state index contributed by atoms with van der Waals surface area (Å²) in [4.78, 5) is 12.9. The number of fused-ring (bicyclic) bond motifs is 1. The first-order chi connectivity index (χ1) is 10.1. The molecule has 0 atom stereocenters. The molecule has 0 saturated heterocycles. The van der Waals surface area contributed by atoms with Gasteiger partial charge in [-0.2, -0.15) is 5.10 Å². The number of rotatable bonds is 3. The molecule has 2 heterocycles. The second kappa shape index (κ2) is 5.75. The van der Waals surface area contributed by atoms with Gasteiger partial charge in [0.15, 0.2) is 11.5 Å². The monoisotopic (exact) mass is 322 g/mol. The lowest BCUT2D eigenvalue weighted by atomic mass is 10.2. The fourth-order valence-electron chi connectivity index (χ4n) is 1.82. The molecule has 7 heteroatoms. The second-order valence-electron chi connectivity index (χ2n) is 4.37. The summed E-state index contributed by atoms with van der Waals surface area (Å²) < 4.78 is 10.5. The summed E-state index contributed by atoms with van der Waals surface area (Å²) in [7, 11) is 0. The number of hydrazone groups is 1. The summed E-state index contributed by atoms with van der Waals surface area (Å²) in [6, 6.07) is 5.19. The second-order valence-corrected chi connectivity index (χ2v) is 5.89. The van der Waals surface area contributed by atoms with Gasteiger partial charge in [-0.1, -0.05) is 11.6 Å². The summed E-state index contributed by atoms with van der Waals surface area (Å²) in [5, 5.41) is 6.17. The van der Waals surface area contributed by atoms with Gasteiger partial charge in [-0.25, -0.2) is 5.43 Å². The molecule has 0 saturated carbocycles. The Balaban J connectivity index is 1.70. The van der Waals surface area contributed by atoms with Gasteiger partial charge < -0.3 is 9.47 Å². The molecule has 0 radical (unpaired) electrons. The van der Waals surface area contributed by atoms with Crippen molar-refractivity contribution in [2.75, 3.05) is 6.79 Å². The van der Waals surface area contributed by atoms with E-state index in [4.69, 9.17) is 21.1 Å². The molecule has 0 spiro atoms. The van der Waals surface area contributed by atoms with Crippen molar-refractivity contribution in [3.8, 4) is 11.5 Å². The van der Waals surface area contributed by atoms with Crippen LogP contribution in [-0.2, 0) is 0 Å². The van der Waals surface area contributed by atoms with Crippen LogP contribution in [0.5, 0.6) is 11.5 Å². The summed E-state index contributed by atoms with van der Waals surface area (Å²) in [6.07, 6.45) is 1.47. The van der Waals surface area contributed by atoms with Gasteiger partial charge in [0.25, 0.3) is 5.91 Å². The van der Waals surface area contributed by atoms with Crippen LogP contribution in [0.4, 0.5) is 0 Å². The van der Waals surface area contributed by atoms with E-state index in [0.29, 0.717) is 27.6 Å². The predicted molar refractivity (Wildman–Crippen MR) is 81.7 cm³/mol. The first-order valence-electron chi connectivity index (χ1n) is 6.11. The molecule has 0 fully saturated rings. The van der Waals surface area contributed by atoms with Gasteiger partial charge in [0.1, 0.15) is 0 Å². The standard InChI is InChI=1S/C14H11ClN2O3S/c1-8-2-10(6-21-8)14(18)17-16-5-9-3-12-13(4-11(9)15)20-7-19-12/h2-6H,7H2,1H3,(H,17,18)/b16-5-. The van der Waals surface area contributed by atoms with Gasteiger partial charge in [-0.3, -0.25) is 4.79 Å². The molecule has 0 aliphatic carbocycles. The molecule has 3 rings (SSSR count). The number of benzene rings is 1. The number of hydrogen-bond donors (Lipinski definition) is 1. The molecular formula is C14H11ClN2O3S. The Bertz CT molecular complexity index is 727. The minimum absolute atomic E-state index is 0.181. The minimum atomic E-state index is -0.257. The molecule has 0 bridgehead atoms. The first-order valence-corrected chi connectivity index (χ1v) is 7.37. The highest BCUT2D eigenvalue weighted by Gasteiger charge is 2.15. The van der Waals surface area contributed by atoms with Crippen LogP contribution in [0, 0.1) is 6.92 Å². The number of carbonyl (C=O) groups excluding carboxylic acids is 1. The molecule has 21 heavy (non-hydrogen) atoms. The van der Waals surface area contributed by atoms with Gasteiger partial charge in [0.2, 0.25) is 6.79 Å². The van der Waals surface area contributed by atoms with Crippen LogP contribution in [0.1, 0.15) is 20.8 Å². The van der Waals surface area contributed by atoms with Gasteiger partial charge in [0, 0.05) is 21.9 Å². The Labute approximate surface area is 130 Å². The maximum atomic E-state index is 11.8. The van der Waals surface area contributed by atoms with Gasteiger partial charge in [0.05, 0.1) is 16.8 Å². The third-order valence-electron chi connectivity index (χ3n) is 2.85. The van der Waals surface area contributed by atoms with Crippen molar-refractivity contribution in [2.45, 2.75) is 6.92 Å². The van der Waals surface area contributed by atoms with Crippen LogP contribution in [0.2, 0.25) is 5.02 Å². The average Bonchev–Trinajstić information content (AvgIpc) is 3.07. The Hall–Kier alpha value is -2.05. The third-order valence-corrected chi connectivity index (χ3v) is 4.04. The maximum absolute atomic E-state index is 11.8. The van der Waals surface area contributed by atoms with Crippen molar-refractivity contribution in [3.05, 3.63) is 44.6 Å². The molecule has 0 unspecified atom stereocenters. The normalized spacial score (nSPS) is 12.9. The Kier molecular flexibility index (Phi) is 3.81. The van der Waals surface area contributed by atoms with E-state index < -0.39 is 0 Å². The number of thiophene rings is 1. The van der Waals surface area contributed by atoms with Gasteiger partial charge in [-0.05, 0) is 19.1 Å². The number of nitrogens with zero attached hydrogens (tertiary/aromatic N) is 1. The van der Waals surface area contributed by atoms with Crippen LogP contribution in [-0.4, -0.2) is 18.9 Å². The summed E-state index contributed by atoms with van der Waals surface area (Å²) in [5.41, 5.74) is 3.69. The van der Waals surface area contributed by atoms with Crippen molar-refractivity contribution in [2.24, 2.45) is 5.10 Å². The number of carbonyl (C=O) groups is 1. The largest absolute Gasteiger partial charge is 0.454 e. The third kappa shape index (κ3) is 3.01. The molecule has 1 N–H and O–H groups in total. The lowest BCUT2D eigenvalue weighted by Crippen LogP contribution is -2.16. The van der Waals surface area contributed by atoms with Gasteiger partial charge >= 0.3 is 0 Å². The van der Waals surface area contributed by atoms with Crippen LogP contribution in [0.15, 0.2) is 28.7 Å². The van der Waals surface area contributed by atoms with E-state index in [1.165, 1.54) is 17.6 Å². The van der Waals surface area contributed by atoms with E-state index in [9.17, 15) is 4.79 Å². The molecule has 1 aliphatic rings. The van der Waals surface area contributed by atoms with Crippen molar-refractivity contribution < 1.29 is 14.3 Å². The highest BCUT2D eigenvalue weighted by molar-refractivity contribution is 7.10. The zero-order valence-corrected chi connectivity index (χ0v) is 12.6. The number of halogens is 1. The van der Waals surface area contributed by atoms with Gasteiger partial charge in [-0.15, -0.1) is 11.3 Å². The highest BCUT2D eigenvalue weighted by atomic mass is 35.5. The Morgan fingerprint density at radius 3 is 2.86 bits per heavy atom. The van der Waals surface area contributed by atoms with E-state index in [-0.39, 0.29) is 12.7 Å². The quantitative estimate of drug-likeness (QED) is 0.697. The molecule has 1 aromatic carbocycles. The molecular weight excluding hydrogens is 312 g/mol. The first kappa shape index (κ1) is 13.9. The number of aryl methyl sites for hydroxylation is 1. The number of hydrogen-bond acceptors (Lipinski definition) is 5. The van der Waals surface area contributed by atoms with E-state index in [1.54, 1.807) is 17.5 Å². The van der Waals surface area contributed by atoms with Crippen LogP contribution >= 0.6 is 22.9 Å². The van der Waals surface area contributed by atoms with E-state index in [1.807, 2.05) is 13.0 Å². The average molecular weight is 323 g/mol. The van der Waals surface area contributed by atoms with Crippen LogP contribution < -0.4 is 14.9 Å². The molecule has 1 amide bonds. The van der Waals surface area contributed by atoms with Crippen LogP contribution in [0.3, 0.4) is 0 Å². The van der Waals surface area contributed by atoms with E-state index in [0.717, 1.165) is 4.88 Å². The fourth-order valence-corrected chi connectivity index (χ4v) is 2.70. The lowest BCUT2D eigenvalue weighted by molar-refractivity contribution is 0.0955. The summed E-state index contributed by atoms with van der Waals surface area (Å²) in [6.45, 7) is 2.12. The SMILES string of the molecule is Cc1cc(C(=O)N/N=C\c2cc3c(cc2Cl)OCO3)cs1. The summed E-state index contributed by atoms with van der Waals surface area (Å²) in [5.74, 6) is 0.961. The number of ether oxygens (including phenoxy) is 2. The molecule has 5 nitrogen and oxygen atoms in total. The van der Waals surface area contributed by atoms with Crippen molar-refractivity contribution in [3.63, 3.8) is 0 Å². The fraction of sp³-hybridized carbons (Fsp3) is 0.143. The molecule has 1 aliphatic heterocycles. The number of amides is 1. The van der Waals surface area contributed by atoms with Crippen molar-refractivity contribution in [1.29, 1.82) is 0 Å². The molecule has 1 aromatic heterocycles. The molecule has 108 valence electrons. The topological polar surface area (TPSA) is 59.9 Å². The predicted octanol–water partition coefficient (Wildman–Crippen LogP) is 3.20. The Morgan fingerprint density at radius 1 is 1.38 bits per heavy atom. The molecule has 2 aromatic rings. The highest BCUT2D eigenvalue weighted by Crippen LogP contribution is 2.36. The minimum Gasteiger partial charge on any atom is -0.454 e. The zero-order chi connectivity index (χ0) is 14.8.